The number of carbonyl (C=O) groups is 1. The number of nitrogens with one attached hydrogen (secondary N) is 2. The van der Waals surface area contributed by atoms with Crippen LogP contribution in [0.4, 0.5) is 5.69 Å². The Kier molecular flexibility index (Phi) is 5.45. The lowest BCUT2D eigenvalue weighted by Crippen LogP contribution is -2.34. The largest absolute Gasteiger partial charge is 0.374 e. The zero-order chi connectivity index (χ0) is 15.1. The van der Waals surface area contributed by atoms with E-state index < -0.39 is 6.04 Å². The number of pyridine rings is 1. The number of rotatable bonds is 5. The molecular formula is C15H15BrN4O. The van der Waals surface area contributed by atoms with E-state index in [0.29, 0.717) is 0 Å². The highest BCUT2D eigenvalue weighted by Crippen LogP contribution is 2.16. The Morgan fingerprint density at radius 2 is 2.10 bits per heavy atom. The maximum atomic E-state index is 11.9. The number of aromatic nitrogens is 1. The first-order valence-corrected chi connectivity index (χ1v) is 7.19. The van der Waals surface area contributed by atoms with Crippen LogP contribution in [0.5, 0.6) is 0 Å². The zero-order valence-corrected chi connectivity index (χ0v) is 13.0. The average Bonchev–Trinajstić information content (AvgIpc) is 2.48. The minimum absolute atomic E-state index is 0.208. The van der Waals surface area contributed by atoms with Crippen molar-refractivity contribution in [1.29, 1.82) is 0 Å². The molecule has 0 aliphatic carbocycles. The molecule has 1 heterocycles. The van der Waals surface area contributed by atoms with Gasteiger partial charge in [0.15, 0.2) is 0 Å². The molecule has 2 aromatic rings. The van der Waals surface area contributed by atoms with Crippen molar-refractivity contribution in [1.82, 2.24) is 10.4 Å². The minimum Gasteiger partial charge on any atom is -0.374 e. The van der Waals surface area contributed by atoms with Crippen LogP contribution in [0, 0.1) is 0 Å². The molecule has 0 saturated heterocycles. The molecule has 108 valence electrons. The Hall–Kier alpha value is -2.21. The summed E-state index contributed by atoms with van der Waals surface area (Å²) in [5.74, 6) is -0.208. The van der Waals surface area contributed by atoms with Crippen molar-refractivity contribution >= 4 is 33.7 Å². The number of benzene rings is 1. The third-order valence-corrected chi connectivity index (χ3v) is 3.19. The fourth-order valence-corrected chi connectivity index (χ4v) is 2.01. The van der Waals surface area contributed by atoms with Crippen LogP contribution >= 0.6 is 15.9 Å². The highest BCUT2D eigenvalue weighted by atomic mass is 79.9. The van der Waals surface area contributed by atoms with Crippen LogP contribution in [-0.4, -0.2) is 23.1 Å². The van der Waals surface area contributed by atoms with E-state index >= 15 is 0 Å². The van der Waals surface area contributed by atoms with Crippen molar-refractivity contribution in [3.8, 4) is 0 Å². The van der Waals surface area contributed by atoms with E-state index in [4.69, 9.17) is 0 Å². The average molecular weight is 347 g/mol. The molecule has 1 aromatic carbocycles. The van der Waals surface area contributed by atoms with Gasteiger partial charge in [0.1, 0.15) is 6.04 Å². The van der Waals surface area contributed by atoms with Gasteiger partial charge >= 0.3 is 0 Å². The Morgan fingerprint density at radius 1 is 1.33 bits per heavy atom. The molecule has 0 spiro atoms. The standard InChI is InChI=1S/C15H15BrN4O/c1-11(19-14-4-2-3-13(16)9-14)15(21)20-18-10-12-5-7-17-8-6-12/h2-11,19H,1H3,(H,20,21)/b18-10-. The number of halogens is 1. The van der Waals surface area contributed by atoms with Crippen molar-refractivity contribution in [2.75, 3.05) is 5.32 Å². The predicted octanol–water partition coefficient (Wildman–Crippen LogP) is 2.79. The molecule has 1 aromatic heterocycles. The van der Waals surface area contributed by atoms with Crippen LogP contribution in [0.15, 0.2) is 58.4 Å². The van der Waals surface area contributed by atoms with Crippen molar-refractivity contribution in [3.05, 3.63) is 58.8 Å². The molecule has 1 atom stereocenters. The second-order valence-corrected chi connectivity index (χ2v) is 5.31. The molecule has 0 aliphatic rings. The van der Waals surface area contributed by atoms with Gasteiger partial charge in [-0.25, -0.2) is 5.43 Å². The first-order chi connectivity index (χ1) is 10.1. The summed E-state index contributed by atoms with van der Waals surface area (Å²) in [6.45, 7) is 1.78. The number of anilines is 1. The van der Waals surface area contributed by atoms with E-state index in [-0.39, 0.29) is 5.91 Å². The van der Waals surface area contributed by atoms with E-state index in [1.807, 2.05) is 24.3 Å². The maximum absolute atomic E-state index is 11.9. The van der Waals surface area contributed by atoms with E-state index in [9.17, 15) is 4.79 Å². The molecule has 21 heavy (non-hydrogen) atoms. The zero-order valence-electron chi connectivity index (χ0n) is 11.5. The SMILES string of the molecule is CC(Nc1cccc(Br)c1)C(=O)N/N=C\c1ccncc1. The molecular weight excluding hydrogens is 332 g/mol. The smallest absolute Gasteiger partial charge is 0.262 e. The molecule has 2 rings (SSSR count). The molecule has 0 radical (unpaired) electrons. The first kappa shape index (κ1) is 15.2. The third-order valence-electron chi connectivity index (χ3n) is 2.70. The predicted molar refractivity (Wildman–Crippen MR) is 87.2 cm³/mol. The lowest BCUT2D eigenvalue weighted by Gasteiger charge is -2.13. The van der Waals surface area contributed by atoms with Crippen molar-refractivity contribution in [2.24, 2.45) is 5.10 Å². The van der Waals surface area contributed by atoms with Crippen molar-refractivity contribution in [2.45, 2.75) is 13.0 Å². The van der Waals surface area contributed by atoms with Crippen LogP contribution in [0.1, 0.15) is 12.5 Å². The Morgan fingerprint density at radius 3 is 2.81 bits per heavy atom. The lowest BCUT2D eigenvalue weighted by molar-refractivity contribution is -0.121. The minimum atomic E-state index is -0.395. The Balaban J connectivity index is 1.87. The molecule has 0 saturated carbocycles. The van der Waals surface area contributed by atoms with E-state index in [0.717, 1.165) is 15.7 Å². The van der Waals surface area contributed by atoms with Crippen LogP contribution in [0.2, 0.25) is 0 Å². The molecule has 5 nitrogen and oxygen atoms in total. The monoisotopic (exact) mass is 346 g/mol. The van der Waals surface area contributed by atoms with Crippen LogP contribution in [-0.2, 0) is 4.79 Å². The summed E-state index contributed by atoms with van der Waals surface area (Å²) in [5, 5.41) is 7.03. The van der Waals surface area contributed by atoms with Gasteiger partial charge in [-0.2, -0.15) is 5.10 Å². The highest BCUT2D eigenvalue weighted by molar-refractivity contribution is 9.10. The normalized spacial score (nSPS) is 12.1. The summed E-state index contributed by atoms with van der Waals surface area (Å²) in [4.78, 5) is 15.8. The van der Waals surface area contributed by atoms with Crippen LogP contribution < -0.4 is 10.7 Å². The number of hydrogen-bond donors (Lipinski definition) is 2. The molecule has 1 unspecified atom stereocenters. The van der Waals surface area contributed by atoms with Crippen LogP contribution in [0.3, 0.4) is 0 Å². The van der Waals surface area contributed by atoms with Gasteiger partial charge in [-0.15, -0.1) is 0 Å². The number of hydrogen-bond acceptors (Lipinski definition) is 4. The second-order valence-electron chi connectivity index (χ2n) is 4.39. The lowest BCUT2D eigenvalue weighted by atomic mass is 10.2. The summed E-state index contributed by atoms with van der Waals surface area (Å²) in [5.41, 5.74) is 4.24. The summed E-state index contributed by atoms with van der Waals surface area (Å²) >= 11 is 3.39. The highest BCUT2D eigenvalue weighted by Gasteiger charge is 2.11. The number of hydrazone groups is 1. The summed E-state index contributed by atoms with van der Waals surface area (Å²) in [7, 11) is 0. The van der Waals surface area contributed by atoms with Gasteiger partial charge in [0.2, 0.25) is 0 Å². The van der Waals surface area contributed by atoms with Gasteiger partial charge in [-0.05, 0) is 42.8 Å². The van der Waals surface area contributed by atoms with Gasteiger partial charge < -0.3 is 5.32 Å². The number of amides is 1. The molecule has 6 heteroatoms. The summed E-state index contributed by atoms with van der Waals surface area (Å²) < 4.78 is 0.954. The second kappa shape index (κ2) is 7.54. The summed E-state index contributed by atoms with van der Waals surface area (Å²) in [6.07, 6.45) is 4.91. The Bertz CT molecular complexity index is 631. The van der Waals surface area contributed by atoms with E-state index in [2.05, 4.69) is 36.8 Å². The van der Waals surface area contributed by atoms with E-state index in [1.54, 1.807) is 37.7 Å². The summed E-state index contributed by atoms with van der Waals surface area (Å²) in [6, 6.07) is 10.8. The fourth-order valence-electron chi connectivity index (χ4n) is 1.61. The molecule has 0 bridgehead atoms. The van der Waals surface area contributed by atoms with Crippen molar-refractivity contribution in [3.63, 3.8) is 0 Å². The Labute approximate surface area is 131 Å². The first-order valence-electron chi connectivity index (χ1n) is 6.40. The number of carbonyl (C=O) groups excluding carboxylic acids is 1. The molecule has 1 amide bonds. The third kappa shape index (κ3) is 5.00. The number of nitrogens with zero attached hydrogens (tertiary/aromatic N) is 2. The van der Waals surface area contributed by atoms with Gasteiger partial charge in [0.25, 0.3) is 5.91 Å². The van der Waals surface area contributed by atoms with Gasteiger partial charge in [-0.1, -0.05) is 22.0 Å². The molecule has 0 aliphatic heterocycles. The topological polar surface area (TPSA) is 66.4 Å². The fraction of sp³-hybridized carbons (Fsp3) is 0.133. The maximum Gasteiger partial charge on any atom is 0.262 e. The van der Waals surface area contributed by atoms with Crippen LogP contribution in [0.25, 0.3) is 0 Å². The van der Waals surface area contributed by atoms with E-state index in [1.165, 1.54) is 0 Å². The van der Waals surface area contributed by atoms with Crippen molar-refractivity contribution < 1.29 is 4.79 Å². The molecule has 2 N–H and O–H groups in total. The van der Waals surface area contributed by atoms with Gasteiger partial charge in [-0.3, -0.25) is 9.78 Å². The molecule has 0 fully saturated rings. The van der Waals surface area contributed by atoms with Gasteiger partial charge in [0.05, 0.1) is 6.21 Å². The quantitative estimate of drug-likeness (QED) is 0.646. The van der Waals surface area contributed by atoms with Gasteiger partial charge in [0, 0.05) is 22.6 Å².